The first-order chi connectivity index (χ1) is 10.1. The van der Waals surface area contributed by atoms with Gasteiger partial charge >= 0.3 is 0 Å². The van der Waals surface area contributed by atoms with E-state index in [9.17, 15) is 4.79 Å². The zero-order valence-corrected chi connectivity index (χ0v) is 12.5. The summed E-state index contributed by atoms with van der Waals surface area (Å²) in [5.41, 5.74) is 8.60. The maximum atomic E-state index is 12.5. The van der Waals surface area contributed by atoms with Crippen molar-refractivity contribution in [2.75, 3.05) is 12.8 Å². The van der Waals surface area contributed by atoms with Crippen LogP contribution in [0.25, 0.3) is 0 Å². The first kappa shape index (κ1) is 13.9. The molecule has 0 bridgehead atoms. The average molecular weight is 305 g/mol. The van der Waals surface area contributed by atoms with E-state index in [-0.39, 0.29) is 5.91 Å². The van der Waals surface area contributed by atoms with Crippen molar-refractivity contribution in [3.63, 3.8) is 0 Å². The quantitative estimate of drug-likeness (QED) is 0.912. The Balaban J connectivity index is 1.77. The number of carbonyl (C=O) groups is 1. The molecule has 2 aromatic rings. The number of nitrogen functional groups attached to an aromatic ring is 1. The molecule has 1 fully saturated rings. The van der Waals surface area contributed by atoms with Gasteiger partial charge in [0.25, 0.3) is 5.91 Å². The number of hydrogen-bond acceptors (Lipinski definition) is 3. The summed E-state index contributed by atoms with van der Waals surface area (Å²) < 4.78 is 0. The summed E-state index contributed by atoms with van der Waals surface area (Å²) in [4.78, 5) is 14.0. The lowest BCUT2D eigenvalue weighted by Gasteiger charge is -2.17. The number of aromatic nitrogens is 2. The highest BCUT2D eigenvalue weighted by atomic mass is 35.5. The third-order valence-electron chi connectivity index (χ3n) is 3.73. The largest absolute Gasteiger partial charge is 0.395 e. The number of hydrogen-bond donors (Lipinski definition) is 2. The predicted molar refractivity (Wildman–Crippen MR) is 82.2 cm³/mol. The van der Waals surface area contributed by atoms with Crippen molar-refractivity contribution in [1.29, 1.82) is 0 Å². The van der Waals surface area contributed by atoms with E-state index in [1.165, 1.54) is 0 Å². The van der Waals surface area contributed by atoms with Crippen LogP contribution >= 0.6 is 11.6 Å². The summed E-state index contributed by atoms with van der Waals surface area (Å²) in [6.45, 7) is 0.420. The first-order valence-electron chi connectivity index (χ1n) is 6.90. The molecule has 0 atom stereocenters. The van der Waals surface area contributed by atoms with E-state index in [0.717, 1.165) is 24.1 Å². The predicted octanol–water partition coefficient (Wildman–Crippen LogP) is 2.79. The van der Waals surface area contributed by atoms with E-state index in [4.69, 9.17) is 17.3 Å². The summed E-state index contributed by atoms with van der Waals surface area (Å²) in [5.74, 6) is 0.239. The van der Waals surface area contributed by atoms with Crippen molar-refractivity contribution in [3.8, 4) is 0 Å². The van der Waals surface area contributed by atoms with Gasteiger partial charge in [-0.2, -0.15) is 5.10 Å². The lowest BCUT2D eigenvalue weighted by Crippen LogP contribution is -2.27. The molecule has 1 aromatic carbocycles. The monoisotopic (exact) mass is 304 g/mol. The van der Waals surface area contributed by atoms with Crippen LogP contribution in [0, 0.1) is 0 Å². The van der Waals surface area contributed by atoms with Crippen molar-refractivity contribution >= 4 is 23.2 Å². The third-order valence-corrected chi connectivity index (χ3v) is 4.10. The van der Waals surface area contributed by atoms with Gasteiger partial charge in [-0.1, -0.05) is 29.8 Å². The Hall–Kier alpha value is -2.01. The fraction of sp³-hybridized carbons (Fsp3) is 0.333. The molecule has 21 heavy (non-hydrogen) atoms. The van der Waals surface area contributed by atoms with E-state index in [2.05, 4.69) is 10.2 Å². The number of carbonyl (C=O) groups excluding carboxylic acids is 1. The first-order valence-corrected chi connectivity index (χ1v) is 7.28. The molecule has 0 spiro atoms. The van der Waals surface area contributed by atoms with Crippen molar-refractivity contribution in [2.45, 2.75) is 25.3 Å². The molecule has 110 valence electrons. The Kier molecular flexibility index (Phi) is 3.59. The summed E-state index contributed by atoms with van der Waals surface area (Å²) in [7, 11) is 1.72. The van der Waals surface area contributed by atoms with Crippen LogP contribution in [-0.2, 0) is 6.54 Å². The topological polar surface area (TPSA) is 75.0 Å². The summed E-state index contributed by atoms with van der Waals surface area (Å²) in [5, 5.41) is 7.63. The van der Waals surface area contributed by atoms with E-state index in [1.807, 2.05) is 24.3 Å². The standard InChI is InChI=1S/C15H17ClN4O/c1-20(8-10-4-2-3-5-11(10)16)15(21)14-12(17)13(18-19-14)9-6-7-9/h2-5,9H,6-8,17H2,1H3,(H,18,19). The minimum atomic E-state index is -0.199. The highest BCUT2D eigenvalue weighted by Crippen LogP contribution is 2.42. The summed E-state index contributed by atoms with van der Waals surface area (Å²) in [6.07, 6.45) is 2.21. The smallest absolute Gasteiger partial charge is 0.276 e. The summed E-state index contributed by atoms with van der Waals surface area (Å²) >= 11 is 6.12. The molecular weight excluding hydrogens is 288 g/mol. The molecule has 6 heteroatoms. The number of nitrogens with zero attached hydrogens (tertiary/aromatic N) is 2. The highest BCUT2D eigenvalue weighted by molar-refractivity contribution is 6.31. The molecule has 1 aliphatic rings. The second kappa shape index (κ2) is 5.41. The minimum absolute atomic E-state index is 0.199. The molecule has 1 aromatic heterocycles. The van der Waals surface area contributed by atoms with Gasteiger partial charge < -0.3 is 10.6 Å². The second-order valence-corrected chi connectivity index (χ2v) is 5.83. The Morgan fingerprint density at radius 2 is 2.19 bits per heavy atom. The average Bonchev–Trinajstić information content (AvgIpc) is 3.24. The third kappa shape index (κ3) is 2.74. The number of halogens is 1. The van der Waals surface area contributed by atoms with E-state index < -0.39 is 0 Å². The lowest BCUT2D eigenvalue weighted by molar-refractivity contribution is 0.0780. The molecule has 0 radical (unpaired) electrons. The van der Waals surface area contributed by atoms with Crippen molar-refractivity contribution in [1.82, 2.24) is 15.1 Å². The van der Waals surface area contributed by atoms with Crippen LogP contribution in [0.2, 0.25) is 5.02 Å². The van der Waals surface area contributed by atoms with Crippen molar-refractivity contribution < 1.29 is 4.79 Å². The number of amides is 1. The SMILES string of the molecule is CN(Cc1ccccc1Cl)C(=O)c1n[nH]c(C2CC2)c1N. The normalized spacial score (nSPS) is 14.2. The number of H-pyrrole nitrogens is 1. The zero-order valence-electron chi connectivity index (χ0n) is 11.8. The highest BCUT2D eigenvalue weighted by Gasteiger charge is 2.31. The van der Waals surface area contributed by atoms with Crippen molar-refractivity contribution in [2.24, 2.45) is 0 Å². The Morgan fingerprint density at radius 3 is 2.86 bits per heavy atom. The van der Waals surface area contributed by atoms with Gasteiger partial charge in [0.1, 0.15) is 0 Å². The molecule has 0 aliphatic heterocycles. The summed E-state index contributed by atoms with van der Waals surface area (Å²) in [6, 6.07) is 7.47. The molecule has 1 amide bonds. The number of aromatic amines is 1. The fourth-order valence-corrected chi connectivity index (χ4v) is 2.54. The number of nitrogens with one attached hydrogen (secondary N) is 1. The van der Waals surface area contributed by atoms with Crippen LogP contribution in [0.3, 0.4) is 0 Å². The van der Waals surface area contributed by atoms with Crippen LogP contribution in [0.4, 0.5) is 5.69 Å². The minimum Gasteiger partial charge on any atom is -0.395 e. The Labute approximate surface area is 128 Å². The molecule has 1 aliphatic carbocycles. The van der Waals surface area contributed by atoms with Crippen LogP contribution in [0.1, 0.15) is 40.5 Å². The second-order valence-electron chi connectivity index (χ2n) is 5.43. The number of anilines is 1. The van der Waals surface area contributed by atoms with Crippen LogP contribution < -0.4 is 5.73 Å². The van der Waals surface area contributed by atoms with Crippen molar-refractivity contribution in [3.05, 3.63) is 46.2 Å². The maximum Gasteiger partial charge on any atom is 0.276 e. The van der Waals surface area contributed by atoms with Crippen LogP contribution in [0.15, 0.2) is 24.3 Å². The molecule has 1 heterocycles. The van der Waals surface area contributed by atoms with Gasteiger partial charge in [-0.15, -0.1) is 0 Å². The Bertz CT molecular complexity index is 678. The lowest BCUT2D eigenvalue weighted by atomic mass is 10.2. The zero-order chi connectivity index (χ0) is 15.0. The maximum absolute atomic E-state index is 12.5. The molecule has 0 unspecified atom stereocenters. The Morgan fingerprint density at radius 1 is 1.48 bits per heavy atom. The van der Waals surface area contributed by atoms with Gasteiger partial charge in [0.05, 0.1) is 11.4 Å². The molecular formula is C15H17ClN4O. The van der Waals surface area contributed by atoms with Gasteiger partial charge in [-0.25, -0.2) is 0 Å². The molecule has 3 N–H and O–H groups in total. The van der Waals surface area contributed by atoms with E-state index >= 15 is 0 Å². The van der Waals surface area contributed by atoms with Gasteiger partial charge in [0.15, 0.2) is 5.69 Å². The molecule has 5 nitrogen and oxygen atoms in total. The van der Waals surface area contributed by atoms with E-state index in [1.54, 1.807) is 11.9 Å². The van der Waals surface area contributed by atoms with Crippen LogP contribution in [-0.4, -0.2) is 28.1 Å². The number of rotatable bonds is 4. The molecule has 1 saturated carbocycles. The van der Waals surface area contributed by atoms with Gasteiger partial charge in [0.2, 0.25) is 0 Å². The van der Waals surface area contributed by atoms with Gasteiger partial charge in [-0.3, -0.25) is 9.89 Å². The van der Waals surface area contributed by atoms with Gasteiger partial charge in [-0.05, 0) is 24.5 Å². The molecule has 0 saturated heterocycles. The van der Waals surface area contributed by atoms with Crippen LogP contribution in [0.5, 0.6) is 0 Å². The number of nitrogens with two attached hydrogens (primary N) is 1. The molecule has 3 rings (SSSR count). The van der Waals surface area contributed by atoms with Gasteiger partial charge in [0, 0.05) is 24.5 Å². The number of benzene rings is 1. The fourth-order valence-electron chi connectivity index (χ4n) is 2.35. The van der Waals surface area contributed by atoms with E-state index in [0.29, 0.717) is 28.9 Å².